The summed E-state index contributed by atoms with van der Waals surface area (Å²) in [5, 5.41) is 0. The van der Waals surface area contributed by atoms with Gasteiger partial charge in [0.1, 0.15) is 0 Å². The van der Waals surface area contributed by atoms with E-state index in [0.717, 1.165) is 6.42 Å². The fraction of sp³-hybridized carbons (Fsp3) is 0.467. The van der Waals surface area contributed by atoms with Crippen LogP contribution in [0.4, 0.5) is 0 Å². The lowest BCUT2D eigenvalue weighted by molar-refractivity contribution is 0.498. The van der Waals surface area contributed by atoms with Gasteiger partial charge in [0.05, 0.1) is 0 Å². The second kappa shape index (κ2) is 21.1. The van der Waals surface area contributed by atoms with E-state index in [1.54, 1.807) is 5.57 Å². The molecule has 0 unspecified atom stereocenters. The summed E-state index contributed by atoms with van der Waals surface area (Å²) in [6.45, 7) is 46.9. The average molecular weight is 807 g/mol. The van der Waals surface area contributed by atoms with Crippen LogP contribution < -0.4 is 0 Å². The fourth-order valence-electron chi connectivity index (χ4n) is 6.63. The molecule has 1 aliphatic carbocycles. The van der Waals surface area contributed by atoms with Crippen molar-refractivity contribution in [1.29, 1.82) is 0 Å². The monoisotopic (exact) mass is 807 g/mol. The molecule has 0 heterocycles. The second-order valence-electron chi connectivity index (χ2n) is 23.2. The van der Waals surface area contributed by atoms with Gasteiger partial charge in [-0.2, -0.15) is 0 Å². The summed E-state index contributed by atoms with van der Waals surface area (Å²) >= 11 is 0. The van der Waals surface area contributed by atoms with Crippen molar-refractivity contribution in [2.75, 3.05) is 0 Å². The fourth-order valence-corrected chi connectivity index (χ4v) is 6.63. The largest absolute Gasteiger partial charge is 0.0622 e. The highest BCUT2D eigenvalue weighted by Crippen LogP contribution is 2.36. The number of hydrogen-bond donors (Lipinski definition) is 0. The number of benzene rings is 5. The summed E-state index contributed by atoms with van der Waals surface area (Å²) in [4.78, 5) is 0. The van der Waals surface area contributed by atoms with E-state index >= 15 is 0 Å². The normalized spacial score (nSPS) is 12.8. The average Bonchev–Trinajstić information content (AvgIpc) is 3.57. The predicted molar refractivity (Wildman–Crippen MR) is 271 cm³/mol. The van der Waals surface area contributed by atoms with Crippen LogP contribution in [0.1, 0.15) is 180 Å². The van der Waals surface area contributed by atoms with Gasteiger partial charge >= 0.3 is 0 Å². The summed E-state index contributed by atoms with van der Waals surface area (Å²) in [6, 6.07) is 43.7. The lowest BCUT2D eigenvalue weighted by Crippen LogP contribution is -2.14. The van der Waals surface area contributed by atoms with E-state index in [9.17, 15) is 0 Å². The molecule has 0 saturated carbocycles. The van der Waals surface area contributed by atoms with E-state index in [2.05, 4.69) is 273 Å². The summed E-state index contributed by atoms with van der Waals surface area (Å²) in [5.74, 6) is 0. The first-order chi connectivity index (χ1) is 27.3. The summed E-state index contributed by atoms with van der Waals surface area (Å²) in [7, 11) is 0. The van der Waals surface area contributed by atoms with Crippen LogP contribution >= 0.6 is 0 Å². The maximum absolute atomic E-state index is 2.34. The Morgan fingerprint density at radius 2 is 0.633 bits per heavy atom. The Bertz CT molecular complexity index is 1990. The standard InChI is InChI=1S/C14H22.C13H16.C12H18.C11H16.C10H14/c1-13(2,3)11-7-9-12(10-8-11)14(4,5)6;1-13(2,3)12-8-10-6-4-5-7-11(10)9-12;1-9-6-10(2)8-11(7-9)12(3,4)5;1-9-5-7-10(8-6-9)11(2,3)4;1-10(2,3)9-7-5-4-6-8-9/h7-10H,1-6H3;4-8H,9H2,1-3H3;6-8H,1-5H3;5-8H,1-4H3;4-8H,1-3H3. The van der Waals surface area contributed by atoms with Gasteiger partial charge in [-0.1, -0.05) is 274 Å². The number of hydrogen-bond acceptors (Lipinski definition) is 0. The highest BCUT2D eigenvalue weighted by atomic mass is 14.3. The Morgan fingerprint density at radius 3 is 0.967 bits per heavy atom. The Hall–Kier alpha value is -4.16. The lowest BCUT2D eigenvalue weighted by atomic mass is 9.82. The number of rotatable bonds is 0. The van der Waals surface area contributed by atoms with Gasteiger partial charge in [0, 0.05) is 0 Å². The predicted octanol–water partition coefficient (Wildman–Crippen LogP) is 17.8. The van der Waals surface area contributed by atoms with Crippen LogP contribution in [0.5, 0.6) is 0 Å². The first kappa shape index (κ1) is 52.0. The van der Waals surface area contributed by atoms with Crippen LogP contribution in [0, 0.1) is 26.2 Å². The van der Waals surface area contributed by atoms with Crippen LogP contribution in [0.2, 0.25) is 0 Å². The first-order valence-corrected chi connectivity index (χ1v) is 22.4. The molecular formula is C60H86. The molecule has 326 valence electrons. The molecule has 6 rings (SSSR count). The molecule has 0 nitrogen and oxygen atoms in total. The summed E-state index contributed by atoms with van der Waals surface area (Å²) < 4.78 is 0. The van der Waals surface area contributed by atoms with E-state index in [0.29, 0.717) is 10.8 Å². The molecule has 0 saturated heterocycles. The van der Waals surface area contributed by atoms with Crippen molar-refractivity contribution in [2.24, 2.45) is 5.41 Å². The molecule has 0 fully saturated rings. The van der Waals surface area contributed by atoms with Crippen molar-refractivity contribution in [3.05, 3.63) is 183 Å². The van der Waals surface area contributed by atoms with Crippen LogP contribution in [-0.4, -0.2) is 0 Å². The third-order valence-corrected chi connectivity index (χ3v) is 11.0. The van der Waals surface area contributed by atoms with E-state index in [4.69, 9.17) is 0 Å². The number of aryl methyl sites for hydroxylation is 3. The quantitative estimate of drug-likeness (QED) is 0.146. The first-order valence-electron chi connectivity index (χ1n) is 22.4. The molecule has 0 spiro atoms. The molecule has 60 heavy (non-hydrogen) atoms. The molecule has 5 aromatic carbocycles. The minimum Gasteiger partial charge on any atom is -0.0622 e. The zero-order valence-electron chi connectivity index (χ0n) is 42.3. The zero-order chi connectivity index (χ0) is 45.9. The maximum Gasteiger partial charge on any atom is -0.00526 e. The Morgan fingerprint density at radius 1 is 0.300 bits per heavy atom. The second-order valence-corrected chi connectivity index (χ2v) is 23.2. The van der Waals surface area contributed by atoms with Crippen molar-refractivity contribution < 1.29 is 0 Å². The van der Waals surface area contributed by atoms with E-state index in [-0.39, 0.29) is 21.7 Å². The third kappa shape index (κ3) is 18.2. The van der Waals surface area contributed by atoms with Gasteiger partial charge in [0.2, 0.25) is 0 Å². The minimum absolute atomic E-state index is 0.260. The van der Waals surface area contributed by atoms with Gasteiger partial charge in [-0.15, -0.1) is 0 Å². The highest BCUT2D eigenvalue weighted by Gasteiger charge is 2.22. The van der Waals surface area contributed by atoms with E-state index in [1.165, 1.54) is 55.6 Å². The van der Waals surface area contributed by atoms with E-state index < -0.39 is 0 Å². The van der Waals surface area contributed by atoms with Gasteiger partial charge in [-0.25, -0.2) is 0 Å². The SMILES string of the molecule is CC(C)(C)C1=Cc2ccccc2C1.CC(C)(C)c1ccc(C(C)(C)C)cc1.CC(C)(C)c1ccccc1.Cc1cc(C)cc(C(C)(C)C)c1.Cc1ccc(C(C)(C)C)cc1. The highest BCUT2D eigenvalue weighted by molar-refractivity contribution is 5.64. The minimum atomic E-state index is 0.260. The van der Waals surface area contributed by atoms with Gasteiger partial charge in [-0.05, 0) is 98.6 Å². The molecule has 0 atom stereocenters. The third-order valence-electron chi connectivity index (χ3n) is 11.0. The van der Waals surface area contributed by atoms with Crippen molar-refractivity contribution >= 4 is 6.08 Å². The molecule has 0 amide bonds. The van der Waals surface area contributed by atoms with Crippen molar-refractivity contribution in [1.82, 2.24) is 0 Å². The molecule has 0 aromatic heterocycles. The van der Waals surface area contributed by atoms with Crippen molar-refractivity contribution in [2.45, 2.75) is 179 Å². The van der Waals surface area contributed by atoms with Crippen LogP contribution in [0.3, 0.4) is 0 Å². The van der Waals surface area contributed by atoms with E-state index in [1.807, 2.05) is 0 Å². The summed E-state index contributed by atoms with van der Waals surface area (Å²) in [5.41, 5.74) is 17.2. The Kier molecular flexibility index (Phi) is 18.3. The lowest BCUT2D eigenvalue weighted by Gasteiger charge is -2.23. The molecular weight excluding hydrogens is 721 g/mol. The number of fused-ring (bicyclic) bond motifs is 1. The van der Waals surface area contributed by atoms with Crippen molar-refractivity contribution in [3.8, 4) is 0 Å². The molecule has 0 heteroatoms. The Balaban J connectivity index is 0.000000260. The molecule has 0 bridgehead atoms. The Labute approximate surface area is 371 Å². The van der Waals surface area contributed by atoms with Crippen molar-refractivity contribution in [3.63, 3.8) is 0 Å². The molecule has 0 N–H and O–H groups in total. The smallest absolute Gasteiger partial charge is 0.00526 e. The molecule has 1 aliphatic rings. The van der Waals surface area contributed by atoms with Gasteiger partial charge in [0.25, 0.3) is 0 Å². The molecule has 5 aromatic rings. The van der Waals surface area contributed by atoms with Gasteiger partial charge < -0.3 is 0 Å². The topological polar surface area (TPSA) is 0 Å². The zero-order valence-corrected chi connectivity index (χ0v) is 42.3. The maximum atomic E-state index is 2.34. The van der Waals surface area contributed by atoms with Crippen LogP contribution in [-0.2, 0) is 33.5 Å². The number of allylic oxidation sites excluding steroid dienone is 1. The van der Waals surface area contributed by atoms with Gasteiger partial charge in [0.15, 0.2) is 0 Å². The molecule has 0 radical (unpaired) electrons. The van der Waals surface area contributed by atoms with Gasteiger partial charge in [-0.3, -0.25) is 0 Å². The van der Waals surface area contributed by atoms with Crippen LogP contribution in [0.25, 0.3) is 6.08 Å². The van der Waals surface area contributed by atoms with Crippen LogP contribution in [0.15, 0.2) is 127 Å². The molecule has 0 aliphatic heterocycles. The summed E-state index contributed by atoms with van der Waals surface area (Å²) in [6.07, 6.45) is 3.48.